The predicted octanol–water partition coefficient (Wildman–Crippen LogP) is 5.99. The van der Waals surface area contributed by atoms with Gasteiger partial charge in [-0.15, -0.1) is 0 Å². The van der Waals surface area contributed by atoms with Crippen molar-refractivity contribution in [2.75, 3.05) is 13.2 Å². The molecule has 170 valence electrons. The molecule has 1 N–H and O–H groups in total. The molecule has 0 radical (unpaired) electrons. The number of aliphatic hydroxyl groups is 1. The van der Waals surface area contributed by atoms with E-state index in [2.05, 4.69) is 69.2 Å². The lowest BCUT2D eigenvalue weighted by molar-refractivity contribution is -0.154. The first-order chi connectivity index (χ1) is 12.7. The van der Waals surface area contributed by atoms with E-state index in [4.69, 9.17) is 14.2 Å². The molecule has 4 heteroatoms. The number of hydrogen-bond acceptors (Lipinski definition) is 4. The van der Waals surface area contributed by atoms with Gasteiger partial charge in [-0.05, 0) is 85.5 Å². The van der Waals surface area contributed by atoms with Crippen LogP contribution >= 0.6 is 0 Å². The Balaban J connectivity index is 4.84. The van der Waals surface area contributed by atoms with Crippen molar-refractivity contribution < 1.29 is 19.3 Å². The maximum absolute atomic E-state index is 9.49. The van der Waals surface area contributed by atoms with Gasteiger partial charge >= 0.3 is 0 Å². The second kappa shape index (κ2) is 11.9. The maximum Gasteiger partial charge on any atom is 0.0681 e. The van der Waals surface area contributed by atoms with Crippen molar-refractivity contribution in [3.8, 4) is 0 Å². The van der Waals surface area contributed by atoms with Crippen LogP contribution in [0.1, 0.15) is 102 Å². The van der Waals surface area contributed by atoms with E-state index in [0.717, 1.165) is 25.9 Å². The summed E-state index contributed by atoms with van der Waals surface area (Å²) in [5.74, 6) is 0.428. The van der Waals surface area contributed by atoms with Crippen LogP contribution in [0.2, 0.25) is 0 Å². The van der Waals surface area contributed by atoms with E-state index >= 15 is 0 Å². The summed E-state index contributed by atoms with van der Waals surface area (Å²) in [7, 11) is 0. The van der Waals surface area contributed by atoms with E-state index in [1.807, 2.05) is 0 Å². The highest BCUT2D eigenvalue weighted by molar-refractivity contribution is 4.90. The van der Waals surface area contributed by atoms with Gasteiger partial charge in [0.25, 0.3) is 0 Å². The average molecular weight is 403 g/mol. The van der Waals surface area contributed by atoms with Crippen molar-refractivity contribution in [2.24, 2.45) is 11.3 Å². The van der Waals surface area contributed by atoms with E-state index in [0.29, 0.717) is 18.9 Å². The lowest BCUT2D eigenvalue weighted by Crippen LogP contribution is -2.46. The van der Waals surface area contributed by atoms with E-state index in [1.54, 1.807) is 6.92 Å². The van der Waals surface area contributed by atoms with E-state index in [9.17, 15) is 5.11 Å². The molecule has 0 rings (SSSR count). The molecule has 0 spiro atoms. The Labute approximate surface area is 175 Å². The molecule has 4 atom stereocenters. The Kier molecular flexibility index (Phi) is 11.8. The summed E-state index contributed by atoms with van der Waals surface area (Å²) < 4.78 is 18.5. The molecule has 0 aromatic heterocycles. The molecular weight excluding hydrogens is 352 g/mol. The quantitative estimate of drug-likeness (QED) is 0.365. The summed E-state index contributed by atoms with van der Waals surface area (Å²) in [6.07, 6.45) is 3.65. The normalized spacial score (nSPS) is 18.8. The molecule has 0 aliphatic rings. The van der Waals surface area contributed by atoms with Gasteiger partial charge < -0.3 is 19.3 Å². The van der Waals surface area contributed by atoms with Crippen LogP contribution < -0.4 is 0 Å². The first-order valence-electron chi connectivity index (χ1n) is 11.3. The molecule has 0 heterocycles. The third-order valence-corrected chi connectivity index (χ3v) is 6.64. The second-order valence-corrected chi connectivity index (χ2v) is 10.3. The Morgan fingerprint density at radius 3 is 1.89 bits per heavy atom. The van der Waals surface area contributed by atoms with Crippen LogP contribution in [0, 0.1) is 11.3 Å². The Bertz CT molecular complexity index is 410. The van der Waals surface area contributed by atoms with E-state index in [1.165, 1.54) is 0 Å². The van der Waals surface area contributed by atoms with E-state index < -0.39 is 0 Å². The van der Waals surface area contributed by atoms with Crippen LogP contribution in [0.3, 0.4) is 0 Å². The molecule has 0 aromatic carbocycles. The Hall–Kier alpha value is -0.160. The molecule has 0 amide bonds. The van der Waals surface area contributed by atoms with Gasteiger partial charge in [-0.3, -0.25) is 0 Å². The third-order valence-electron chi connectivity index (χ3n) is 6.64. The molecule has 0 saturated carbocycles. The lowest BCUT2D eigenvalue weighted by Gasteiger charge is -2.45. The van der Waals surface area contributed by atoms with Gasteiger partial charge in [0, 0.05) is 13.2 Å². The number of rotatable bonds is 15. The van der Waals surface area contributed by atoms with Crippen molar-refractivity contribution in [3.63, 3.8) is 0 Å². The minimum absolute atomic E-state index is 0.0518. The summed E-state index contributed by atoms with van der Waals surface area (Å²) in [6.45, 7) is 25.0. The first kappa shape index (κ1) is 27.8. The van der Waals surface area contributed by atoms with Crippen LogP contribution in [0.25, 0.3) is 0 Å². The van der Waals surface area contributed by atoms with Crippen molar-refractivity contribution >= 4 is 0 Å². The van der Waals surface area contributed by atoms with Gasteiger partial charge in [0.15, 0.2) is 0 Å². The van der Waals surface area contributed by atoms with Crippen LogP contribution in [0.15, 0.2) is 0 Å². The molecule has 0 saturated heterocycles. The van der Waals surface area contributed by atoms with Crippen molar-refractivity contribution in [1.29, 1.82) is 0 Å². The molecular formula is C24H50O4. The SMILES string of the molecule is CC[C@@](C)(OC(C)CC(C)(C)C(C)(C)OCCC(C)O)C(C)CCOC(C)C. The monoisotopic (exact) mass is 402 g/mol. The zero-order valence-electron chi connectivity index (χ0n) is 20.7. The van der Waals surface area contributed by atoms with Gasteiger partial charge in [0.1, 0.15) is 0 Å². The minimum atomic E-state index is -0.326. The Morgan fingerprint density at radius 1 is 0.857 bits per heavy atom. The highest BCUT2D eigenvalue weighted by Gasteiger charge is 2.41. The average Bonchev–Trinajstić information content (AvgIpc) is 2.52. The minimum Gasteiger partial charge on any atom is -0.393 e. The van der Waals surface area contributed by atoms with Crippen LogP contribution in [-0.4, -0.2) is 47.8 Å². The fourth-order valence-electron chi connectivity index (χ4n) is 3.48. The number of hydrogen-bond donors (Lipinski definition) is 1. The molecule has 0 aromatic rings. The van der Waals surface area contributed by atoms with Crippen molar-refractivity contribution in [1.82, 2.24) is 0 Å². The smallest absolute Gasteiger partial charge is 0.0681 e. The third kappa shape index (κ3) is 9.56. The summed E-state index contributed by atoms with van der Waals surface area (Å²) >= 11 is 0. The van der Waals surface area contributed by atoms with Gasteiger partial charge in [-0.1, -0.05) is 27.7 Å². The van der Waals surface area contributed by atoms with Crippen LogP contribution in [0.4, 0.5) is 0 Å². The second-order valence-electron chi connectivity index (χ2n) is 10.3. The van der Waals surface area contributed by atoms with Gasteiger partial charge in [0.2, 0.25) is 0 Å². The summed E-state index contributed by atoms with van der Waals surface area (Å²) in [5, 5.41) is 9.49. The topological polar surface area (TPSA) is 47.9 Å². The van der Waals surface area contributed by atoms with Gasteiger partial charge in [-0.2, -0.15) is 0 Å². The lowest BCUT2D eigenvalue weighted by atomic mass is 9.73. The fourth-order valence-corrected chi connectivity index (χ4v) is 3.48. The molecule has 0 aliphatic carbocycles. The molecule has 0 aliphatic heterocycles. The number of ether oxygens (including phenoxy) is 3. The number of aliphatic hydroxyl groups excluding tert-OH is 1. The maximum atomic E-state index is 9.49. The summed E-state index contributed by atoms with van der Waals surface area (Å²) in [4.78, 5) is 0. The van der Waals surface area contributed by atoms with Gasteiger partial charge in [0.05, 0.1) is 29.5 Å². The first-order valence-corrected chi connectivity index (χ1v) is 11.3. The zero-order chi connectivity index (χ0) is 22.2. The van der Waals surface area contributed by atoms with Crippen LogP contribution in [-0.2, 0) is 14.2 Å². The summed E-state index contributed by atoms with van der Waals surface area (Å²) in [6, 6.07) is 0. The fraction of sp³-hybridized carbons (Fsp3) is 1.00. The van der Waals surface area contributed by atoms with Crippen molar-refractivity contribution in [3.05, 3.63) is 0 Å². The highest BCUT2D eigenvalue weighted by Crippen LogP contribution is 2.40. The molecule has 3 unspecified atom stereocenters. The van der Waals surface area contributed by atoms with Crippen LogP contribution in [0.5, 0.6) is 0 Å². The molecule has 0 bridgehead atoms. The standard InChI is InChI=1S/C24H50O4/c1-12-24(11,19(4)13-15-26-18(2)3)28-21(6)17-22(7,8)23(9,10)27-16-14-20(5)25/h18-21,25H,12-17H2,1-11H3/t19?,20?,21?,24-/m1/s1. The summed E-state index contributed by atoms with van der Waals surface area (Å²) in [5.41, 5.74) is -0.504. The zero-order valence-corrected chi connectivity index (χ0v) is 20.7. The highest BCUT2D eigenvalue weighted by atomic mass is 16.5. The predicted molar refractivity (Wildman–Crippen MR) is 119 cm³/mol. The molecule has 28 heavy (non-hydrogen) atoms. The Morgan fingerprint density at radius 2 is 1.43 bits per heavy atom. The van der Waals surface area contributed by atoms with E-state index in [-0.39, 0.29) is 34.9 Å². The molecule has 0 fully saturated rings. The largest absolute Gasteiger partial charge is 0.393 e. The van der Waals surface area contributed by atoms with Crippen molar-refractivity contribution in [2.45, 2.75) is 131 Å². The molecule has 4 nitrogen and oxygen atoms in total. The van der Waals surface area contributed by atoms with Gasteiger partial charge in [-0.25, -0.2) is 0 Å².